The summed E-state index contributed by atoms with van der Waals surface area (Å²) in [6.45, 7) is 2.32. The van der Waals surface area contributed by atoms with Gasteiger partial charge in [-0.2, -0.15) is 4.31 Å². The number of hydrogen-bond acceptors (Lipinski definition) is 6. The van der Waals surface area contributed by atoms with E-state index in [-0.39, 0.29) is 32.0 Å². The first-order valence-corrected chi connectivity index (χ1v) is 9.43. The van der Waals surface area contributed by atoms with Gasteiger partial charge in [-0.25, -0.2) is 12.8 Å². The summed E-state index contributed by atoms with van der Waals surface area (Å²) in [5.41, 5.74) is 0.201. The van der Waals surface area contributed by atoms with Crippen molar-refractivity contribution in [2.24, 2.45) is 0 Å². The molecule has 2 aliphatic rings. The van der Waals surface area contributed by atoms with E-state index in [1.54, 1.807) is 0 Å². The fourth-order valence-corrected chi connectivity index (χ4v) is 4.16. The molecule has 2 saturated heterocycles. The van der Waals surface area contributed by atoms with Gasteiger partial charge in [-0.15, -0.1) is 0 Å². The Bertz CT molecular complexity index is 731. The van der Waals surface area contributed by atoms with Crippen LogP contribution in [0.2, 0.25) is 0 Å². The molecule has 8 nitrogen and oxygen atoms in total. The van der Waals surface area contributed by atoms with Crippen LogP contribution in [0.15, 0.2) is 23.1 Å². The van der Waals surface area contributed by atoms with Gasteiger partial charge in [0.1, 0.15) is 16.8 Å². The van der Waals surface area contributed by atoms with Crippen molar-refractivity contribution >= 4 is 21.6 Å². The van der Waals surface area contributed by atoms with Gasteiger partial charge in [0.2, 0.25) is 10.0 Å². The number of benzene rings is 1. The van der Waals surface area contributed by atoms with Gasteiger partial charge in [0.15, 0.2) is 0 Å². The van der Waals surface area contributed by atoms with E-state index in [1.807, 2.05) is 0 Å². The predicted octanol–water partition coefficient (Wildman–Crippen LogP) is -0.226. The van der Waals surface area contributed by atoms with Crippen molar-refractivity contribution in [3.05, 3.63) is 24.0 Å². The maximum atomic E-state index is 14.1. The van der Waals surface area contributed by atoms with Crippen LogP contribution in [0.5, 0.6) is 0 Å². The number of carbonyl (C=O) groups is 1. The van der Waals surface area contributed by atoms with Gasteiger partial charge in [-0.1, -0.05) is 0 Å². The van der Waals surface area contributed by atoms with E-state index in [0.29, 0.717) is 19.7 Å². The Morgan fingerprint density at radius 3 is 2.72 bits per heavy atom. The van der Waals surface area contributed by atoms with Gasteiger partial charge in [-0.05, 0) is 18.2 Å². The highest BCUT2D eigenvalue weighted by atomic mass is 32.2. The number of rotatable bonds is 4. The van der Waals surface area contributed by atoms with E-state index < -0.39 is 32.7 Å². The molecule has 2 N–H and O–H groups in total. The highest BCUT2D eigenvalue weighted by Crippen LogP contribution is 2.24. The first kappa shape index (κ1) is 18.2. The highest BCUT2D eigenvalue weighted by Gasteiger charge is 2.30. The standard InChI is InChI=1S/C15H20FN3O5S/c16-12-2-1-11(18-15(20)13-10-17-3-6-24-13)9-14(12)25(21,22)19-4-7-23-8-5-19/h1-2,9,13,17H,3-8,10H2,(H,18,20). The molecule has 1 atom stereocenters. The molecule has 2 heterocycles. The van der Waals surface area contributed by atoms with Crippen molar-refractivity contribution in [2.45, 2.75) is 11.0 Å². The first-order chi connectivity index (χ1) is 12.0. The van der Waals surface area contributed by atoms with E-state index in [4.69, 9.17) is 9.47 Å². The van der Waals surface area contributed by atoms with Crippen molar-refractivity contribution in [1.82, 2.24) is 9.62 Å². The molecule has 0 aliphatic carbocycles. The molecule has 25 heavy (non-hydrogen) atoms. The van der Waals surface area contributed by atoms with Crippen molar-refractivity contribution in [2.75, 3.05) is 51.3 Å². The molecule has 1 unspecified atom stereocenters. The van der Waals surface area contributed by atoms with Gasteiger partial charge in [0.05, 0.1) is 19.8 Å². The third-order valence-electron chi connectivity index (χ3n) is 4.01. The largest absolute Gasteiger partial charge is 0.379 e. The second-order valence-electron chi connectivity index (χ2n) is 5.71. The zero-order valence-electron chi connectivity index (χ0n) is 13.5. The lowest BCUT2D eigenvalue weighted by Crippen LogP contribution is -2.45. The molecule has 2 fully saturated rings. The topological polar surface area (TPSA) is 97.0 Å². The molecule has 138 valence electrons. The van der Waals surface area contributed by atoms with Crippen LogP contribution in [0.3, 0.4) is 0 Å². The van der Waals surface area contributed by atoms with Gasteiger partial charge < -0.3 is 20.1 Å². The molecule has 0 radical (unpaired) electrons. The molecule has 1 aromatic carbocycles. The molecule has 1 amide bonds. The number of nitrogens with one attached hydrogen (secondary N) is 2. The van der Waals surface area contributed by atoms with Crippen LogP contribution < -0.4 is 10.6 Å². The lowest BCUT2D eigenvalue weighted by atomic mass is 10.2. The molecule has 0 saturated carbocycles. The van der Waals surface area contributed by atoms with Gasteiger partial charge in [0, 0.05) is 31.9 Å². The van der Waals surface area contributed by atoms with Crippen LogP contribution in [0.1, 0.15) is 0 Å². The van der Waals surface area contributed by atoms with Crippen LogP contribution >= 0.6 is 0 Å². The Balaban J connectivity index is 1.79. The summed E-state index contributed by atoms with van der Waals surface area (Å²) < 4.78 is 51.0. The van der Waals surface area contributed by atoms with Crippen molar-refractivity contribution in [1.29, 1.82) is 0 Å². The van der Waals surface area contributed by atoms with E-state index in [9.17, 15) is 17.6 Å². The SMILES string of the molecule is O=C(Nc1ccc(F)c(S(=O)(=O)N2CCOCC2)c1)C1CNCCO1. The first-order valence-electron chi connectivity index (χ1n) is 7.99. The average Bonchev–Trinajstić information content (AvgIpc) is 2.64. The lowest BCUT2D eigenvalue weighted by Gasteiger charge is -2.26. The Hall–Kier alpha value is -1.59. The van der Waals surface area contributed by atoms with Crippen LogP contribution in [0, 0.1) is 5.82 Å². The number of ether oxygens (including phenoxy) is 2. The number of anilines is 1. The molecule has 3 rings (SSSR count). The average molecular weight is 373 g/mol. The second-order valence-corrected chi connectivity index (χ2v) is 7.62. The number of amides is 1. The van der Waals surface area contributed by atoms with Crippen molar-refractivity contribution < 1.29 is 27.1 Å². The molecular formula is C15H20FN3O5S. The smallest absolute Gasteiger partial charge is 0.254 e. The lowest BCUT2D eigenvalue weighted by molar-refractivity contribution is -0.128. The molecule has 2 aliphatic heterocycles. The molecule has 10 heteroatoms. The molecular weight excluding hydrogens is 353 g/mol. The van der Waals surface area contributed by atoms with Gasteiger partial charge in [-0.3, -0.25) is 4.79 Å². The molecule has 0 aromatic heterocycles. The quantitative estimate of drug-likeness (QED) is 0.757. The third-order valence-corrected chi connectivity index (χ3v) is 5.92. The maximum Gasteiger partial charge on any atom is 0.254 e. The van der Waals surface area contributed by atoms with Crippen LogP contribution in [-0.4, -0.2) is 70.7 Å². The summed E-state index contributed by atoms with van der Waals surface area (Å²) in [6.07, 6.45) is -0.668. The summed E-state index contributed by atoms with van der Waals surface area (Å²) >= 11 is 0. The number of nitrogens with zero attached hydrogens (tertiary/aromatic N) is 1. The zero-order valence-corrected chi connectivity index (χ0v) is 14.4. The summed E-state index contributed by atoms with van der Waals surface area (Å²) in [5.74, 6) is -1.27. The zero-order chi connectivity index (χ0) is 17.9. The number of morpholine rings is 2. The number of halogens is 1. The van der Waals surface area contributed by atoms with Gasteiger partial charge in [0.25, 0.3) is 5.91 Å². The Labute approximate surface area is 145 Å². The third kappa shape index (κ3) is 4.15. The molecule has 0 bridgehead atoms. The summed E-state index contributed by atoms with van der Waals surface area (Å²) in [6, 6.07) is 3.49. The minimum absolute atomic E-state index is 0.167. The minimum atomic E-state index is -3.99. The number of sulfonamides is 1. The number of hydrogen-bond donors (Lipinski definition) is 2. The normalized spacial score (nSPS) is 22.5. The van der Waals surface area contributed by atoms with Crippen molar-refractivity contribution in [3.8, 4) is 0 Å². The Kier molecular flexibility index (Phi) is 5.64. The predicted molar refractivity (Wildman–Crippen MR) is 87.2 cm³/mol. The van der Waals surface area contributed by atoms with E-state index in [2.05, 4.69) is 10.6 Å². The second kappa shape index (κ2) is 7.75. The fourth-order valence-electron chi connectivity index (χ4n) is 2.66. The van der Waals surface area contributed by atoms with E-state index >= 15 is 0 Å². The summed E-state index contributed by atoms with van der Waals surface area (Å²) in [4.78, 5) is 11.7. The molecule has 0 spiro atoms. The maximum absolute atomic E-state index is 14.1. The monoisotopic (exact) mass is 373 g/mol. The number of carbonyl (C=O) groups excluding carboxylic acids is 1. The van der Waals surface area contributed by atoms with Crippen molar-refractivity contribution in [3.63, 3.8) is 0 Å². The Morgan fingerprint density at radius 2 is 2.04 bits per heavy atom. The highest BCUT2D eigenvalue weighted by molar-refractivity contribution is 7.89. The van der Waals surface area contributed by atoms with Crippen LogP contribution in [0.25, 0.3) is 0 Å². The molecule has 1 aromatic rings. The fraction of sp³-hybridized carbons (Fsp3) is 0.533. The summed E-state index contributed by atoms with van der Waals surface area (Å²) in [5, 5.41) is 5.61. The summed E-state index contributed by atoms with van der Waals surface area (Å²) in [7, 11) is -3.99. The Morgan fingerprint density at radius 1 is 1.28 bits per heavy atom. The van der Waals surface area contributed by atoms with Crippen LogP contribution in [-0.2, 0) is 24.3 Å². The minimum Gasteiger partial charge on any atom is -0.379 e. The van der Waals surface area contributed by atoms with E-state index in [0.717, 1.165) is 12.1 Å². The van der Waals surface area contributed by atoms with Gasteiger partial charge >= 0.3 is 0 Å². The van der Waals surface area contributed by atoms with Crippen LogP contribution in [0.4, 0.5) is 10.1 Å². The van der Waals surface area contributed by atoms with E-state index in [1.165, 1.54) is 10.4 Å².